The highest BCUT2D eigenvalue weighted by molar-refractivity contribution is 6.39. The van der Waals surface area contributed by atoms with E-state index in [0.29, 0.717) is 10.7 Å². The van der Waals surface area contributed by atoms with Gasteiger partial charge in [-0.2, -0.15) is 0 Å². The van der Waals surface area contributed by atoms with Gasteiger partial charge in [0.15, 0.2) is 0 Å². The van der Waals surface area contributed by atoms with Crippen molar-refractivity contribution in [1.29, 1.82) is 0 Å². The van der Waals surface area contributed by atoms with Crippen LogP contribution >= 0.6 is 11.6 Å². The smallest absolute Gasteiger partial charge is 0.397 e. The first-order valence-electron chi connectivity index (χ1n) is 4.79. The molecular formula is C11H12ClNO3. The molecule has 0 saturated carbocycles. The van der Waals surface area contributed by atoms with E-state index >= 15 is 0 Å². The molecule has 0 unspecified atom stereocenters. The van der Waals surface area contributed by atoms with Crippen molar-refractivity contribution in [3.8, 4) is 0 Å². The van der Waals surface area contributed by atoms with Crippen molar-refractivity contribution in [2.75, 3.05) is 11.9 Å². The Morgan fingerprint density at radius 3 is 2.75 bits per heavy atom. The quantitative estimate of drug-likeness (QED) is 0.638. The lowest BCUT2D eigenvalue weighted by atomic mass is 10.2. The van der Waals surface area contributed by atoms with Gasteiger partial charge < -0.3 is 10.1 Å². The second kappa shape index (κ2) is 5.51. The Hall–Kier alpha value is -1.55. The maximum absolute atomic E-state index is 11.3. The molecule has 1 rings (SSSR count). The lowest BCUT2D eigenvalue weighted by molar-refractivity contribution is -0.152. The van der Waals surface area contributed by atoms with E-state index in [2.05, 4.69) is 10.1 Å². The number of anilines is 1. The molecule has 1 aromatic rings. The zero-order chi connectivity index (χ0) is 12.1. The Morgan fingerprint density at radius 1 is 1.44 bits per heavy atom. The third kappa shape index (κ3) is 3.24. The van der Waals surface area contributed by atoms with Crippen molar-refractivity contribution in [2.24, 2.45) is 0 Å². The predicted octanol–water partition coefficient (Wildman–Crippen LogP) is 2.15. The number of rotatable bonds is 2. The van der Waals surface area contributed by atoms with Crippen LogP contribution in [0.15, 0.2) is 18.2 Å². The summed E-state index contributed by atoms with van der Waals surface area (Å²) in [6, 6.07) is 5.14. The fourth-order valence-electron chi connectivity index (χ4n) is 1.10. The lowest BCUT2D eigenvalue weighted by Crippen LogP contribution is -2.25. The van der Waals surface area contributed by atoms with E-state index in [0.717, 1.165) is 5.56 Å². The molecule has 0 radical (unpaired) electrons. The number of amides is 1. The maximum Gasteiger partial charge on any atom is 0.397 e. The van der Waals surface area contributed by atoms with Gasteiger partial charge in [-0.25, -0.2) is 4.79 Å². The van der Waals surface area contributed by atoms with Crippen LogP contribution in [0.3, 0.4) is 0 Å². The van der Waals surface area contributed by atoms with Gasteiger partial charge in [0.25, 0.3) is 0 Å². The number of halogens is 1. The van der Waals surface area contributed by atoms with Crippen LogP contribution in [0.25, 0.3) is 0 Å². The molecule has 0 heterocycles. The summed E-state index contributed by atoms with van der Waals surface area (Å²) in [5.41, 5.74) is 1.34. The van der Waals surface area contributed by atoms with Crippen LogP contribution in [-0.2, 0) is 14.3 Å². The molecule has 0 aliphatic carbocycles. The number of esters is 1. The van der Waals surface area contributed by atoms with Crippen LogP contribution in [0.4, 0.5) is 5.69 Å². The van der Waals surface area contributed by atoms with Gasteiger partial charge in [0.05, 0.1) is 17.3 Å². The van der Waals surface area contributed by atoms with Crippen molar-refractivity contribution in [3.63, 3.8) is 0 Å². The van der Waals surface area contributed by atoms with Crippen LogP contribution in [0.1, 0.15) is 12.5 Å². The second-order valence-corrected chi connectivity index (χ2v) is 3.57. The summed E-state index contributed by atoms with van der Waals surface area (Å²) in [5, 5.41) is 2.77. The highest BCUT2D eigenvalue weighted by Gasteiger charge is 2.15. The van der Waals surface area contributed by atoms with Gasteiger partial charge in [-0.3, -0.25) is 4.79 Å². The molecule has 0 bridgehead atoms. The van der Waals surface area contributed by atoms with Crippen molar-refractivity contribution in [2.45, 2.75) is 13.8 Å². The summed E-state index contributed by atoms with van der Waals surface area (Å²) in [6.45, 7) is 3.65. The fourth-order valence-corrected chi connectivity index (χ4v) is 1.27. The number of benzene rings is 1. The molecule has 5 heteroatoms. The summed E-state index contributed by atoms with van der Waals surface area (Å²) in [7, 11) is 0. The third-order valence-electron chi connectivity index (χ3n) is 1.83. The molecule has 0 saturated heterocycles. The van der Waals surface area contributed by atoms with Crippen molar-refractivity contribution < 1.29 is 14.3 Å². The summed E-state index contributed by atoms with van der Waals surface area (Å²) in [4.78, 5) is 22.4. The molecule has 16 heavy (non-hydrogen) atoms. The predicted molar refractivity (Wildman–Crippen MR) is 61.5 cm³/mol. The number of ether oxygens (including phenoxy) is 1. The van der Waals surface area contributed by atoms with Gasteiger partial charge >= 0.3 is 11.9 Å². The molecule has 1 N–H and O–H groups in total. The first-order valence-corrected chi connectivity index (χ1v) is 5.16. The van der Waals surface area contributed by atoms with E-state index in [1.165, 1.54) is 0 Å². The van der Waals surface area contributed by atoms with E-state index in [1.807, 2.05) is 13.0 Å². The Balaban J connectivity index is 2.76. The Morgan fingerprint density at radius 2 is 2.12 bits per heavy atom. The molecule has 0 atom stereocenters. The minimum absolute atomic E-state index is 0.161. The second-order valence-electron chi connectivity index (χ2n) is 3.16. The third-order valence-corrected chi connectivity index (χ3v) is 2.16. The molecule has 86 valence electrons. The highest BCUT2D eigenvalue weighted by Crippen LogP contribution is 2.22. The first kappa shape index (κ1) is 12.5. The molecule has 0 aliphatic heterocycles. The lowest BCUT2D eigenvalue weighted by Gasteiger charge is -2.07. The van der Waals surface area contributed by atoms with Crippen LogP contribution < -0.4 is 5.32 Å². The fraction of sp³-hybridized carbons (Fsp3) is 0.273. The standard InChI is InChI=1S/C11H12ClNO3/c1-3-16-11(15)10(14)13-9-6-7(2)4-5-8(9)12/h4-6H,3H2,1-2H3,(H,13,14). The molecule has 4 nitrogen and oxygen atoms in total. The highest BCUT2D eigenvalue weighted by atomic mass is 35.5. The number of hydrogen-bond donors (Lipinski definition) is 1. The largest absolute Gasteiger partial charge is 0.459 e. The number of aryl methyl sites for hydroxylation is 1. The molecule has 0 fully saturated rings. The number of carbonyl (C=O) groups excluding carboxylic acids is 2. The summed E-state index contributed by atoms with van der Waals surface area (Å²) in [5.74, 6) is -1.74. The maximum atomic E-state index is 11.3. The zero-order valence-corrected chi connectivity index (χ0v) is 9.80. The normalized spacial score (nSPS) is 9.69. The van der Waals surface area contributed by atoms with E-state index in [4.69, 9.17) is 11.6 Å². The van der Waals surface area contributed by atoms with E-state index in [9.17, 15) is 9.59 Å². The molecule has 0 spiro atoms. The number of nitrogens with one attached hydrogen (secondary N) is 1. The minimum Gasteiger partial charge on any atom is -0.459 e. The number of carbonyl (C=O) groups is 2. The molecule has 0 aromatic heterocycles. The average Bonchev–Trinajstić information content (AvgIpc) is 2.23. The van der Waals surface area contributed by atoms with Crippen molar-refractivity contribution in [3.05, 3.63) is 28.8 Å². The van der Waals surface area contributed by atoms with Gasteiger partial charge in [0.2, 0.25) is 0 Å². The van der Waals surface area contributed by atoms with Crippen molar-refractivity contribution in [1.82, 2.24) is 0 Å². The van der Waals surface area contributed by atoms with Crippen LogP contribution in [0.5, 0.6) is 0 Å². The summed E-state index contributed by atoms with van der Waals surface area (Å²) in [6.07, 6.45) is 0. The van der Waals surface area contributed by atoms with Crippen LogP contribution in [0.2, 0.25) is 5.02 Å². The van der Waals surface area contributed by atoms with Gasteiger partial charge in [0, 0.05) is 0 Å². The van der Waals surface area contributed by atoms with E-state index < -0.39 is 11.9 Å². The summed E-state index contributed by atoms with van der Waals surface area (Å²) < 4.78 is 4.55. The van der Waals surface area contributed by atoms with Crippen LogP contribution in [0, 0.1) is 6.92 Å². The van der Waals surface area contributed by atoms with Gasteiger partial charge in [-0.1, -0.05) is 17.7 Å². The zero-order valence-electron chi connectivity index (χ0n) is 9.04. The average molecular weight is 242 g/mol. The SMILES string of the molecule is CCOC(=O)C(=O)Nc1cc(C)ccc1Cl. The number of hydrogen-bond acceptors (Lipinski definition) is 3. The van der Waals surface area contributed by atoms with Gasteiger partial charge in [-0.05, 0) is 31.5 Å². The van der Waals surface area contributed by atoms with Gasteiger partial charge in [0.1, 0.15) is 0 Å². The molecule has 1 amide bonds. The Labute approximate surface area is 98.5 Å². The molecule has 0 aliphatic rings. The molecular weight excluding hydrogens is 230 g/mol. The first-order chi connectivity index (χ1) is 7.54. The van der Waals surface area contributed by atoms with Crippen molar-refractivity contribution >= 4 is 29.2 Å². The molecule has 1 aromatic carbocycles. The monoisotopic (exact) mass is 241 g/mol. The van der Waals surface area contributed by atoms with Gasteiger partial charge in [-0.15, -0.1) is 0 Å². The Kier molecular flexibility index (Phi) is 4.31. The topological polar surface area (TPSA) is 55.4 Å². The Bertz CT molecular complexity index is 418. The van der Waals surface area contributed by atoms with E-state index in [1.54, 1.807) is 19.1 Å². The van der Waals surface area contributed by atoms with E-state index in [-0.39, 0.29) is 6.61 Å². The summed E-state index contributed by atoms with van der Waals surface area (Å²) >= 11 is 5.86. The minimum atomic E-state index is -0.917. The van der Waals surface area contributed by atoms with Crippen LogP contribution in [-0.4, -0.2) is 18.5 Å².